The summed E-state index contributed by atoms with van der Waals surface area (Å²) in [6, 6.07) is 0. The van der Waals surface area contributed by atoms with Gasteiger partial charge >= 0.3 is 11.8 Å². The molecule has 1 rings (SSSR count). The number of ether oxygens (including phenoxy) is 1. The number of rotatable bonds is 4. The molecule has 0 fully saturated rings. The number of nitrogens with one attached hydrogen (secondary N) is 2. The molecular weight excluding hydrogens is 300 g/mol. The van der Waals surface area contributed by atoms with Crippen LogP contribution in [0.5, 0.6) is 0 Å². The van der Waals surface area contributed by atoms with Gasteiger partial charge in [-0.1, -0.05) is 5.10 Å². The Labute approximate surface area is 103 Å². The van der Waals surface area contributed by atoms with E-state index >= 15 is 0 Å². The number of H-pyrrole nitrogens is 1. The van der Waals surface area contributed by atoms with Crippen molar-refractivity contribution in [3.05, 3.63) is 20.3 Å². The Hall–Kier alpha value is -1.97. The van der Waals surface area contributed by atoms with Crippen molar-refractivity contribution in [2.75, 3.05) is 13.7 Å². The van der Waals surface area contributed by atoms with Gasteiger partial charge in [0, 0.05) is 0 Å². The van der Waals surface area contributed by atoms with Crippen LogP contribution in [0, 0.1) is 10.1 Å². The topological polar surface area (TPSA) is 127 Å². The molecule has 0 unspecified atom stereocenters. The molecule has 1 aromatic rings. The molecule has 1 amide bonds. The molecule has 17 heavy (non-hydrogen) atoms. The van der Waals surface area contributed by atoms with Gasteiger partial charge in [-0.2, -0.15) is 0 Å². The molecular formula is C7H7BrN4O5. The van der Waals surface area contributed by atoms with E-state index in [2.05, 4.69) is 36.2 Å². The van der Waals surface area contributed by atoms with Crippen LogP contribution in [0.2, 0.25) is 0 Å². The van der Waals surface area contributed by atoms with Gasteiger partial charge in [0.2, 0.25) is 0 Å². The second-order valence-corrected chi connectivity index (χ2v) is 3.54. The molecule has 0 radical (unpaired) electrons. The zero-order valence-electron chi connectivity index (χ0n) is 8.52. The number of hydrogen-bond acceptors (Lipinski definition) is 6. The van der Waals surface area contributed by atoms with Crippen LogP contribution in [-0.2, 0) is 9.53 Å². The molecule has 10 heteroatoms. The van der Waals surface area contributed by atoms with Gasteiger partial charge in [0.05, 0.1) is 7.11 Å². The number of esters is 1. The van der Waals surface area contributed by atoms with Crippen LogP contribution in [0.15, 0.2) is 4.47 Å². The summed E-state index contributed by atoms with van der Waals surface area (Å²) in [4.78, 5) is 32.0. The maximum Gasteiger partial charge on any atom is 0.357 e. The average molecular weight is 307 g/mol. The molecule has 0 aliphatic carbocycles. The first-order valence-electron chi connectivity index (χ1n) is 4.20. The van der Waals surface area contributed by atoms with E-state index in [1.807, 2.05) is 0 Å². The summed E-state index contributed by atoms with van der Waals surface area (Å²) in [6.45, 7) is -0.345. The first kappa shape index (κ1) is 13.1. The van der Waals surface area contributed by atoms with E-state index in [-0.39, 0.29) is 16.7 Å². The standard InChI is InChI=1S/C7H7BrN4O5/c1-17-3(13)2-9-7(14)5-4(8)6(11-10-5)12(15)16/h2H2,1H3,(H,9,14)(H,10,11). The van der Waals surface area contributed by atoms with Gasteiger partial charge in [-0.25, -0.2) is 0 Å². The van der Waals surface area contributed by atoms with Crippen LogP contribution in [0.1, 0.15) is 10.5 Å². The van der Waals surface area contributed by atoms with Gasteiger partial charge in [0.15, 0.2) is 5.69 Å². The summed E-state index contributed by atoms with van der Waals surface area (Å²) in [5.41, 5.74) is -0.208. The van der Waals surface area contributed by atoms with E-state index in [0.29, 0.717) is 0 Å². The summed E-state index contributed by atoms with van der Waals surface area (Å²) in [6.07, 6.45) is 0. The van der Waals surface area contributed by atoms with Gasteiger partial charge in [0.1, 0.15) is 11.0 Å². The maximum absolute atomic E-state index is 11.5. The number of nitrogens with zero attached hydrogens (tertiary/aromatic N) is 2. The van der Waals surface area contributed by atoms with Crippen molar-refractivity contribution in [2.45, 2.75) is 0 Å². The van der Waals surface area contributed by atoms with Crippen LogP contribution >= 0.6 is 15.9 Å². The summed E-state index contributed by atoms with van der Waals surface area (Å²) in [5, 5.41) is 18.2. The highest BCUT2D eigenvalue weighted by Crippen LogP contribution is 2.25. The SMILES string of the molecule is COC(=O)CNC(=O)c1n[nH]c([N+](=O)[O-])c1Br. The molecule has 1 heterocycles. The molecule has 0 atom stereocenters. The van der Waals surface area contributed by atoms with Gasteiger partial charge in [-0.15, -0.1) is 5.10 Å². The number of amides is 1. The fourth-order valence-corrected chi connectivity index (χ4v) is 1.40. The van der Waals surface area contributed by atoms with Crippen molar-refractivity contribution in [1.29, 1.82) is 0 Å². The largest absolute Gasteiger partial charge is 0.468 e. The van der Waals surface area contributed by atoms with Crippen molar-refractivity contribution in [1.82, 2.24) is 15.5 Å². The molecule has 0 aromatic carbocycles. The number of carbonyl (C=O) groups is 2. The minimum Gasteiger partial charge on any atom is -0.468 e. The molecule has 2 N–H and O–H groups in total. The fraction of sp³-hybridized carbons (Fsp3) is 0.286. The summed E-state index contributed by atoms with van der Waals surface area (Å²) in [5.74, 6) is -1.81. The maximum atomic E-state index is 11.5. The first-order valence-corrected chi connectivity index (χ1v) is 5.00. The average Bonchev–Trinajstić information content (AvgIpc) is 2.67. The monoisotopic (exact) mass is 306 g/mol. The highest BCUT2D eigenvalue weighted by atomic mass is 79.9. The minimum atomic E-state index is -0.730. The summed E-state index contributed by atoms with van der Waals surface area (Å²) >= 11 is 2.86. The Bertz CT molecular complexity index is 471. The molecule has 0 spiro atoms. The van der Waals surface area contributed by atoms with Gasteiger partial charge in [0.25, 0.3) is 5.91 Å². The van der Waals surface area contributed by atoms with E-state index < -0.39 is 22.6 Å². The quantitative estimate of drug-likeness (QED) is 0.457. The smallest absolute Gasteiger partial charge is 0.357 e. The molecule has 0 bridgehead atoms. The van der Waals surface area contributed by atoms with Crippen LogP contribution in [0.25, 0.3) is 0 Å². The van der Waals surface area contributed by atoms with Crippen molar-refractivity contribution in [3.8, 4) is 0 Å². The van der Waals surface area contributed by atoms with Gasteiger partial charge < -0.3 is 20.2 Å². The molecule has 0 saturated heterocycles. The third-order valence-corrected chi connectivity index (χ3v) is 2.46. The number of nitro groups is 1. The lowest BCUT2D eigenvalue weighted by molar-refractivity contribution is -0.390. The van der Waals surface area contributed by atoms with Gasteiger partial charge in [-0.05, 0) is 20.9 Å². The summed E-state index contributed by atoms with van der Waals surface area (Å²) < 4.78 is 4.23. The van der Waals surface area contributed by atoms with E-state index in [1.54, 1.807) is 0 Å². The third-order valence-electron chi connectivity index (χ3n) is 1.71. The van der Waals surface area contributed by atoms with E-state index in [1.165, 1.54) is 7.11 Å². The highest BCUT2D eigenvalue weighted by Gasteiger charge is 2.24. The van der Waals surface area contributed by atoms with Gasteiger partial charge in [-0.3, -0.25) is 9.59 Å². The second kappa shape index (κ2) is 5.39. The minimum absolute atomic E-state index is 0.0788. The lowest BCUT2D eigenvalue weighted by Crippen LogP contribution is -2.30. The number of carbonyl (C=O) groups excluding carboxylic acids is 2. The number of hydrogen-bond donors (Lipinski definition) is 2. The zero-order chi connectivity index (χ0) is 13.0. The number of aromatic amines is 1. The Morgan fingerprint density at radius 3 is 2.76 bits per heavy atom. The lowest BCUT2D eigenvalue weighted by Gasteiger charge is -2.00. The van der Waals surface area contributed by atoms with Crippen LogP contribution in [0.4, 0.5) is 5.82 Å². The molecule has 0 saturated carbocycles. The van der Waals surface area contributed by atoms with Crippen molar-refractivity contribution < 1.29 is 19.2 Å². The predicted molar refractivity (Wildman–Crippen MR) is 57.3 cm³/mol. The fourth-order valence-electron chi connectivity index (χ4n) is 0.899. The number of methoxy groups -OCH3 is 1. The number of aromatic nitrogens is 2. The van der Waals surface area contributed by atoms with E-state index in [0.717, 1.165) is 0 Å². The van der Waals surface area contributed by atoms with E-state index in [9.17, 15) is 19.7 Å². The first-order chi connectivity index (χ1) is 7.97. The normalized spacial score (nSPS) is 9.76. The Morgan fingerprint density at radius 2 is 2.29 bits per heavy atom. The van der Waals surface area contributed by atoms with Crippen LogP contribution in [0.3, 0.4) is 0 Å². The molecule has 9 nitrogen and oxygen atoms in total. The third kappa shape index (κ3) is 3.00. The lowest BCUT2D eigenvalue weighted by atomic mass is 10.4. The predicted octanol–water partition coefficient (Wildman–Crippen LogP) is -0.0168. The molecule has 1 aromatic heterocycles. The van der Waals surface area contributed by atoms with Crippen molar-refractivity contribution in [3.63, 3.8) is 0 Å². The zero-order valence-corrected chi connectivity index (χ0v) is 10.1. The highest BCUT2D eigenvalue weighted by molar-refractivity contribution is 9.10. The Morgan fingerprint density at radius 1 is 1.65 bits per heavy atom. The Kier molecular flexibility index (Phi) is 4.15. The Balaban J connectivity index is 2.76. The summed E-state index contributed by atoms with van der Waals surface area (Å²) in [7, 11) is 1.17. The van der Waals surface area contributed by atoms with Crippen LogP contribution in [-0.4, -0.2) is 40.7 Å². The van der Waals surface area contributed by atoms with Crippen molar-refractivity contribution >= 4 is 33.6 Å². The van der Waals surface area contributed by atoms with E-state index in [4.69, 9.17) is 0 Å². The van der Waals surface area contributed by atoms with Crippen molar-refractivity contribution in [2.24, 2.45) is 0 Å². The molecule has 92 valence electrons. The molecule has 0 aliphatic rings. The molecule has 0 aliphatic heterocycles. The number of halogens is 1. The van der Waals surface area contributed by atoms with Crippen LogP contribution < -0.4 is 5.32 Å². The second-order valence-electron chi connectivity index (χ2n) is 2.75.